The summed E-state index contributed by atoms with van der Waals surface area (Å²) in [5.41, 5.74) is -0.424. The number of carboxylic acids is 1. The summed E-state index contributed by atoms with van der Waals surface area (Å²) < 4.78 is 26.8. The molecule has 0 aliphatic rings. The lowest BCUT2D eigenvalue weighted by atomic mass is 10.0. The number of rotatable bonds is 6. The zero-order chi connectivity index (χ0) is 16.0. The van der Waals surface area contributed by atoms with Crippen molar-refractivity contribution in [3.63, 3.8) is 0 Å². The second kappa shape index (κ2) is 7.33. The third-order valence-corrected chi connectivity index (χ3v) is 2.84. The van der Waals surface area contributed by atoms with Gasteiger partial charge in [0.1, 0.15) is 17.7 Å². The van der Waals surface area contributed by atoms with Crippen LogP contribution in [0.4, 0.5) is 8.78 Å². The van der Waals surface area contributed by atoms with E-state index in [4.69, 9.17) is 10.4 Å². The van der Waals surface area contributed by atoms with E-state index in [1.807, 2.05) is 6.07 Å². The summed E-state index contributed by atoms with van der Waals surface area (Å²) in [6, 6.07) is 3.77. The maximum Gasteiger partial charge on any atom is 0.326 e. The molecule has 112 valence electrons. The largest absolute Gasteiger partial charge is 0.480 e. The van der Waals surface area contributed by atoms with Crippen molar-refractivity contribution >= 4 is 11.9 Å². The van der Waals surface area contributed by atoms with Crippen molar-refractivity contribution < 1.29 is 23.5 Å². The summed E-state index contributed by atoms with van der Waals surface area (Å²) in [6.07, 6.45) is -0.694. The molecular weight excluding hydrogens is 282 g/mol. The number of halogens is 2. The van der Waals surface area contributed by atoms with E-state index in [9.17, 15) is 18.4 Å². The van der Waals surface area contributed by atoms with Gasteiger partial charge in [-0.2, -0.15) is 5.26 Å². The van der Waals surface area contributed by atoms with E-state index in [1.165, 1.54) is 13.0 Å². The molecule has 0 saturated carbocycles. The Morgan fingerprint density at radius 1 is 1.38 bits per heavy atom. The van der Waals surface area contributed by atoms with E-state index < -0.39 is 47.5 Å². The molecule has 0 aromatic heterocycles. The third kappa shape index (κ3) is 4.84. The van der Waals surface area contributed by atoms with Gasteiger partial charge in [-0.1, -0.05) is 6.07 Å². The lowest BCUT2D eigenvalue weighted by Gasteiger charge is -2.15. The van der Waals surface area contributed by atoms with Crippen LogP contribution in [-0.4, -0.2) is 23.0 Å². The highest BCUT2D eigenvalue weighted by molar-refractivity contribution is 5.84. The number of amides is 1. The number of carbonyl (C=O) groups is 2. The fourth-order valence-electron chi connectivity index (χ4n) is 1.73. The van der Waals surface area contributed by atoms with Gasteiger partial charge in [-0.15, -0.1) is 0 Å². The van der Waals surface area contributed by atoms with Crippen LogP contribution in [0.15, 0.2) is 18.2 Å². The molecule has 21 heavy (non-hydrogen) atoms. The van der Waals surface area contributed by atoms with Crippen molar-refractivity contribution in [3.05, 3.63) is 35.4 Å². The summed E-state index contributed by atoms with van der Waals surface area (Å²) >= 11 is 0. The molecule has 0 aliphatic heterocycles. The van der Waals surface area contributed by atoms with Crippen LogP contribution in [0.25, 0.3) is 0 Å². The van der Waals surface area contributed by atoms with Crippen LogP contribution in [-0.2, 0) is 16.0 Å². The molecule has 0 saturated heterocycles. The van der Waals surface area contributed by atoms with Gasteiger partial charge in [-0.05, 0) is 25.5 Å². The van der Waals surface area contributed by atoms with E-state index >= 15 is 0 Å². The summed E-state index contributed by atoms with van der Waals surface area (Å²) in [4.78, 5) is 22.7. The van der Waals surface area contributed by atoms with E-state index in [-0.39, 0.29) is 6.42 Å². The molecule has 1 aromatic carbocycles. The van der Waals surface area contributed by atoms with Crippen LogP contribution in [0.1, 0.15) is 18.9 Å². The van der Waals surface area contributed by atoms with Gasteiger partial charge >= 0.3 is 5.97 Å². The highest BCUT2D eigenvalue weighted by atomic mass is 19.1. The van der Waals surface area contributed by atoms with Crippen LogP contribution in [0.3, 0.4) is 0 Å². The Morgan fingerprint density at radius 3 is 2.43 bits per heavy atom. The fourth-order valence-corrected chi connectivity index (χ4v) is 1.73. The van der Waals surface area contributed by atoms with Gasteiger partial charge in [-0.25, -0.2) is 13.6 Å². The molecule has 2 atom stereocenters. The maximum absolute atomic E-state index is 13.4. The molecule has 0 bridgehead atoms. The molecule has 1 aromatic rings. The first-order valence-corrected chi connectivity index (χ1v) is 6.19. The second-order valence-corrected chi connectivity index (χ2v) is 4.60. The Kier molecular flexibility index (Phi) is 5.79. The average molecular weight is 296 g/mol. The Labute approximate surface area is 120 Å². The van der Waals surface area contributed by atoms with Crippen molar-refractivity contribution in [3.8, 4) is 6.07 Å². The normalized spacial score (nSPS) is 13.0. The van der Waals surface area contributed by atoms with E-state index in [0.717, 1.165) is 12.1 Å². The summed E-state index contributed by atoms with van der Waals surface area (Å²) in [5.74, 6) is -4.45. The van der Waals surface area contributed by atoms with Gasteiger partial charge in [-0.3, -0.25) is 4.79 Å². The first kappa shape index (κ1) is 16.6. The summed E-state index contributed by atoms with van der Waals surface area (Å²) in [7, 11) is 0. The monoisotopic (exact) mass is 296 g/mol. The highest BCUT2D eigenvalue weighted by Crippen LogP contribution is 2.13. The topological polar surface area (TPSA) is 90.2 Å². The van der Waals surface area contributed by atoms with Gasteiger partial charge in [0.25, 0.3) is 0 Å². The van der Waals surface area contributed by atoms with Crippen LogP contribution in [0.5, 0.6) is 0 Å². The lowest BCUT2D eigenvalue weighted by molar-refractivity contribution is -0.142. The van der Waals surface area contributed by atoms with Gasteiger partial charge in [0, 0.05) is 11.5 Å². The predicted octanol–water partition coefficient (Wildman–Crippen LogP) is 1.63. The molecule has 0 fully saturated rings. The number of carbonyl (C=O) groups excluding carboxylic acids is 1. The number of hydrogen-bond donors (Lipinski definition) is 2. The molecule has 2 N–H and O–H groups in total. The molecule has 5 nitrogen and oxygen atoms in total. The number of carboxylic acid groups (broad SMARTS) is 1. The molecule has 0 heterocycles. The zero-order valence-corrected chi connectivity index (χ0v) is 11.3. The smallest absolute Gasteiger partial charge is 0.326 e. The van der Waals surface area contributed by atoms with Crippen molar-refractivity contribution in [2.24, 2.45) is 5.92 Å². The number of benzene rings is 1. The Bertz CT molecular complexity index is 564. The first-order valence-electron chi connectivity index (χ1n) is 6.19. The molecule has 0 radical (unpaired) electrons. The molecule has 0 spiro atoms. The van der Waals surface area contributed by atoms with Crippen molar-refractivity contribution in [1.82, 2.24) is 5.32 Å². The van der Waals surface area contributed by atoms with Gasteiger partial charge < -0.3 is 10.4 Å². The van der Waals surface area contributed by atoms with Gasteiger partial charge in [0.15, 0.2) is 0 Å². The minimum Gasteiger partial charge on any atom is -0.480 e. The highest BCUT2D eigenvalue weighted by Gasteiger charge is 2.23. The molecule has 1 rings (SSSR count). The summed E-state index contributed by atoms with van der Waals surface area (Å²) in [6.45, 7) is 1.51. The molecular formula is C14H14F2N2O3. The van der Waals surface area contributed by atoms with Crippen LogP contribution in [0, 0.1) is 28.9 Å². The van der Waals surface area contributed by atoms with Crippen molar-refractivity contribution in [2.45, 2.75) is 25.8 Å². The second-order valence-electron chi connectivity index (χ2n) is 4.60. The maximum atomic E-state index is 13.4. The first-order chi connectivity index (χ1) is 9.85. The molecule has 7 heteroatoms. The summed E-state index contributed by atoms with van der Waals surface area (Å²) in [5, 5.41) is 19.8. The number of aliphatic carboxylic acids is 1. The standard InChI is InChI=1S/C14H14F2N2O3/c1-8(7-17)5-12(14(20)21)18-13(19)6-9-10(15)3-2-4-11(9)16/h2-4,8,12H,5-6H2,1H3,(H,18,19)(H,20,21)/t8-,12+/m1/s1. The molecule has 1 amide bonds. The van der Waals surface area contributed by atoms with Crippen LogP contribution < -0.4 is 5.32 Å². The Hall–Kier alpha value is -2.49. The third-order valence-electron chi connectivity index (χ3n) is 2.84. The predicted molar refractivity (Wildman–Crippen MR) is 69.0 cm³/mol. The van der Waals surface area contributed by atoms with Gasteiger partial charge in [0.2, 0.25) is 5.91 Å². The number of nitrogens with zero attached hydrogens (tertiary/aromatic N) is 1. The van der Waals surface area contributed by atoms with Gasteiger partial charge in [0.05, 0.1) is 12.5 Å². The number of nitriles is 1. The quantitative estimate of drug-likeness (QED) is 0.834. The Morgan fingerprint density at radius 2 is 1.95 bits per heavy atom. The van der Waals surface area contributed by atoms with Crippen molar-refractivity contribution in [1.29, 1.82) is 5.26 Å². The van der Waals surface area contributed by atoms with Crippen LogP contribution >= 0.6 is 0 Å². The van der Waals surface area contributed by atoms with Crippen molar-refractivity contribution in [2.75, 3.05) is 0 Å². The van der Waals surface area contributed by atoms with Crippen LogP contribution in [0.2, 0.25) is 0 Å². The van der Waals surface area contributed by atoms with E-state index in [1.54, 1.807) is 0 Å². The van der Waals surface area contributed by atoms with E-state index in [0.29, 0.717) is 0 Å². The lowest BCUT2D eigenvalue weighted by Crippen LogP contribution is -2.42. The number of hydrogen-bond acceptors (Lipinski definition) is 3. The molecule has 0 unspecified atom stereocenters. The number of nitrogens with one attached hydrogen (secondary N) is 1. The van der Waals surface area contributed by atoms with E-state index in [2.05, 4.69) is 5.32 Å². The molecule has 0 aliphatic carbocycles. The Balaban J connectivity index is 2.75. The zero-order valence-electron chi connectivity index (χ0n) is 11.3. The minimum absolute atomic E-state index is 0.0860. The average Bonchev–Trinajstić information content (AvgIpc) is 2.42. The fraction of sp³-hybridized carbons (Fsp3) is 0.357. The SMILES string of the molecule is C[C@@H](C#N)C[C@H](NC(=O)Cc1c(F)cccc1F)C(=O)O. The minimum atomic E-state index is -1.31.